The van der Waals surface area contributed by atoms with Crippen LogP contribution in [0.3, 0.4) is 0 Å². The summed E-state index contributed by atoms with van der Waals surface area (Å²) in [6.45, 7) is 5.08. The molecule has 0 saturated heterocycles. The number of nitrogens with one attached hydrogen (secondary N) is 2. The highest BCUT2D eigenvalue weighted by Crippen LogP contribution is 2.22. The van der Waals surface area contributed by atoms with E-state index in [9.17, 15) is 14.4 Å². The largest absolute Gasteiger partial charge is 0.324 e. The molecule has 1 aromatic heterocycles. The summed E-state index contributed by atoms with van der Waals surface area (Å²) < 4.78 is 1.13. The van der Waals surface area contributed by atoms with Crippen LogP contribution in [0.2, 0.25) is 5.02 Å². The van der Waals surface area contributed by atoms with E-state index in [1.165, 1.54) is 13.0 Å². The van der Waals surface area contributed by atoms with Crippen molar-refractivity contribution in [3.8, 4) is 11.3 Å². The van der Waals surface area contributed by atoms with Crippen LogP contribution in [0.4, 0.5) is 11.4 Å². The minimum absolute atomic E-state index is 0.0656. The Balaban J connectivity index is 2.05. The highest BCUT2D eigenvalue weighted by molar-refractivity contribution is 6.30. The van der Waals surface area contributed by atoms with Crippen LogP contribution in [0.15, 0.2) is 59.4 Å². The number of benzene rings is 2. The summed E-state index contributed by atoms with van der Waals surface area (Å²) >= 11 is 5.90. The molecule has 0 saturated carbocycles. The van der Waals surface area contributed by atoms with E-state index >= 15 is 0 Å². The van der Waals surface area contributed by atoms with E-state index in [0.717, 1.165) is 15.8 Å². The number of carbonyl (C=O) groups excluding carboxylic acids is 2. The summed E-state index contributed by atoms with van der Waals surface area (Å²) in [6, 6.07) is 14.9. The molecule has 0 bridgehead atoms. The third-order valence-corrected chi connectivity index (χ3v) is 4.94. The van der Waals surface area contributed by atoms with Gasteiger partial charge in [-0.15, -0.1) is 0 Å². The smallest absolute Gasteiger partial charge is 0.291 e. The molecule has 8 heteroatoms. The van der Waals surface area contributed by atoms with Crippen LogP contribution in [0.25, 0.3) is 11.3 Å². The van der Waals surface area contributed by atoms with E-state index in [1.807, 2.05) is 31.2 Å². The third-order valence-electron chi connectivity index (χ3n) is 4.69. The Morgan fingerprint density at radius 3 is 2.29 bits per heavy atom. The molecule has 1 heterocycles. The molecule has 160 valence electrons. The molecule has 3 aromatic rings. The Labute approximate surface area is 185 Å². The molecule has 31 heavy (non-hydrogen) atoms. The molecule has 0 aliphatic heterocycles. The summed E-state index contributed by atoms with van der Waals surface area (Å²) in [5.41, 5.74) is 2.38. The number of rotatable bonds is 6. The number of nitrogens with zero attached hydrogens (tertiary/aromatic N) is 2. The minimum Gasteiger partial charge on any atom is -0.324 e. The standard InChI is InChI=1S/C23H23ClN4O3/c1-4-21(22(30)26-18-11-9-17(24)10-12-18)28-23(31)20(25-15(3)29)13-19(27-28)16-7-5-14(2)6-8-16/h5-13,21H,4H2,1-3H3,(H,25,29)(H,26,30)/t21-/m1/s1. The van der Waals surface area contributed by atoms with Crippen LogP contribution in [-0.4, -0.2) is 21.6 Å². The lowest BCUT2D eigenvalue weighted by Gasteiger charge is -2.19. The predicted octanol–water partition coefficient (Wildman–Crippen LogP) is 4.42. The van der Waals surface area contributed by atoms with Crippen molar-refractivity contribution in [2.45, 2.75) is 33.2 Å². The lowest BCUT2D eigenvalue weighted by Crippen LogP contribution is -2.36. The number of hydrogen-bond acceptors (Lipinski definition) is 4. The molecule has 0 fully saturated rings. The molecule has 2 amide bonds. The number of amides is 2. The first-order valence-electron chi connectivity index (χ1n) is 9.83. The van der Waals surface area contributed by atoms with Crippen molar-refractivity contribution < 1.29 is 9.59 Å². The van der Waals surface area contributed by atoms with Gasteiger partial charge >= 0.3 is 0 Å². The van der Waals surface area contributed by atoms with Crippen molar-refractivity contribution in [1.29, 1.82) is 0 Å². The van der Waals surface area contributed by atoms with Gasteiger partial charge in [0.05, 0.1) is 5.69 Å². The second-order valence-corrected chi connectivity index (χ2v) is 7.60. The average molecular weight is 439 g/mol. The van der Waals surface area contributed by atoms with Crippen molar-refractivity contribution in [2.24, 2.45) is 0 Å². The van der Waals surface area contributed by atoms with Crippen molar-refractivity contribution in [3.63, 3.8) is 0 Å². The SMILES string of the molecule is CC[C@H](C(=O)Nc1ccc(Cl)cc1)n1nc(-c2ccc(C)cc2)cc(NC(C)=O)c1=O. The van der Waals surface area contributed by atoms with Gasteiger partial charge in [0.15, 0.2) is 0 Å². The summed E-state index contributed by atoms with van der Waals surface area (Å²) in [5, 5.41) is 10.3. The zero-order valence-electron chi connectivity index (χ0n) is 17.5. The second-order valence-electron chi connectivity index (χ2n) is 7.16. The van der Waals surface area contributed by atoms with Gasteiger partial charge in [-0.1, -0.05) is 48.4 Å². The normalized spacial score (nSPS) is 11.6. The number of anilines is 2. The molecule has 7 nitrogen and oxygen atoms in total. The first-order valence-corrected chi connectivity index (χ1v) is 10.2. The molecule has 2 aromatic carbocycles. The lowest BCUT2D eigenvalue weighted by molar-refractivity contribution is -0.119. The van der Waals surface area contributed by atoms with Crippen molar-refractivity contribution >= 4 is 34.8 Å². The van der Waals surface area contributed by atoms with Gasteiger partial charge in [-0.05, 0) is 43.7 Å². The molecule has 0 aliphatic carbocycles. The minimum atomic E-state index is -0.874. The highest BCUT2D eigenvalue weighted by atomic mass is 35.5. The fraction of sp³-hybridized carbons (Fsp3) is 0.217. The van der Waals surface area contributed by atoms with Crippen molar-refractivity contribution in [3.05, 3.63) is 75.5 Å². The van der Waals surface area contributed by atoms with Crippen LogP contribution in [0.5, 0.6) is 0 Å². The average Bonchev–Trinajstić information content (AvgIpc) is 2.73. The van der Waals surface area contributed by atoms with Crippen LogP contribution < -0.4 is 16.2 Å². The van der Waals surface area contributed by atoms with E-state index in [0.29, 0.717) is 22.8 Å². The zero-order chi connectivity index (χ0) is 22.5. The van der Waals surface area contributed by atoms with Gasteiger partial charge in [0.1, 0.15) is 11.7 Å². The fourth-order valence-electron chi connectivity index (χ4n) is 3.10. The number of aryl methyl sites for hydroxylation is 1. The van der Waals surface area contributed by atoms with Crippen LogP contribution in [-0.2, 0) is 9.59 Å². The summed E-state index contributed by atoms with van der Waals surface area (Å²) in [5.74, 6) is -0.780. The monoisotopic (exact) mass is 438 g/mol. The molecule has 0 aliphatic rings. The van der Waals surface area contributed by atoms with Crippen LogP contribution in [0, 0.1) is 6.92 Å². The van der Waals surface area contributed by atoms with Crippen molar-refractivity contribution in [1.82, 2.24) is 9.78 Å². The van der Waals surface area contributed by atoms with E-state index in [1.54, 1.807) is 31.2 Å². The number of carbonyl (C=O) groups is 2. The van der Waals surface area contributed by atoms with E-state index in [-0.39, 0.29) is 11.6 Å². The summed E-state index contributed by atoms with van der Waals surface area (Å²) in [6.07, 6.45) is 0.323. The Bertz CT molecular complexity index is 1150. The van der Waals surface area contributed by atoms with Gasteiger partial charge in [-0.2, -0.15) is 5.10 Å². The summed E-state index contributed by atoms with van der Waals surface area (Å²) in [4.78, 5) is 37.6. The quantitative estimate of drug-likeness (QED) is 0.595. The lowest BCUT2D eigenvalue weighted by atomic mass is 10.1. The Kier molecular flexibility index (Phi) is 6.87. The van der Waals surface area contributed by atoms with Gasteiger partial charge < -0.3 is 10.6 Å². The zero-order valence-corrected chi connectivity index (χ0v) is 18.2. The topological polar surface area (TPSA) is 93.1 Å². The maximum atomic E-state index is 13.0. The molecular weight excluding hydrogens is 416 g/mol. The number of hydrogen-bond donors (Lipinski definition) is 2. The van der Waals surface area contributed by atoms with Crippen LogP contribution in [0.1, 0.15) is 31.9 Å². The molecule has 0 radical (unpaired) electrons. The fourth-order valence-corrected chi connectivity index (χ4v) is 3.22. The van der Waals surface area contributed by atoms with Crippen LogP contribution >= 0.6 is 11.6 Å². The molecule has 2 N–H and O–H groups in total. The maximum Gasteiger partial charge on any atom is 0.291 e. The Hall–Kier alpha value is -3.45. The number of aromatic nitrogens is 2. The van der Waals surface area contributed by atoms with Crippen molar-refractivity contribution in [2.75, 3.05) is 10.6 Å². The molecule has 0 unspecified atom stereocenters. The first-order chi connectivity index (χ1) is 14.8. The van der Waals surface area contributed by atoms with Gasteiger partial charge in [-0.25, -0.2) is 4.68 Å². The van der Waals surface area contributed by atoms with E-state index in [2.05, 4.69) is 15.7 Å². The molecule has 3 rings (SSSR count). The Morgan fingerprint density at radius 2 is 1.71 bits per heavy atom. The van der Waals surface area contributed by atoms with Gasteiger partial charge in [-0.3, -0.25) is 14.4 Å². The molecule has 0 spiro atoms. The third kappa shape index (κ3) is 5.38. The Morgan fingerprint density at radius 1 is 1.06 bits per heavy atom. The first kappa shape index (κ1) is 22.2. The van der Waals surface area contributed by atoms with Gasteiger partial charge in [0, 0.05) is 23.2 Å². The summed E-state index contributed by atoms with van der Waals surface area (Å²) in [7, 11) is 0. The van der Waals surface area contributed by atoms with Gasteiger partial charge in [0.25, 0.3) is 5.56 Å². The van der Waals surface area contributed by atoms with Gasteiger partial charge in [0.2, 0.25) is 11.8 Å². The van der Waals surface area contributed by atoms with E-state index < -0.39 is 17.5 Å². The molecular formula is C23H23ClN4O3. The predicted molar refractivity (Wildman–Crippen MR) is 122 cm³/mol. The maximum absolute atomic E-state index is 13.0. The highest BCUT2D eigenvalue weighted by Gasteiger charge is 2.24. The second kappa shape index (κ2) is 9.57. The molecule has 1 atom stereocenters. The van der Waals surface area contributed by atoms with E-state index in [4.69, 9.17) is 11.6 Å². The number of halogens is 1.